The monoisotopic (exact) mass is 477 g/mol. The van der Waals surface area contributed by atoms with E-state index in [2.05, 4.69) is 21.2 Å². The first-order valence-corrected chi connectivity index (χ1v) is 10.7. The van der Waals surface area contributed by atoms with Gasteiger partial charge in [-0.2, -0.15) is 0 Å². The predicted octanol–water partition coefficient (Wildman–Crippen LogP) is 5.73. The Morgan fingerprint density at radius 3 is 2.39 bits per heavy atom. The van der Waals surface area contributed by atoms with Gasteiger partial charge in [0.2, 0.25) is 0 Å². The smallest absolute Gasteiger partial charge is 0.292 e. The maximum Gasteiger partial charge on any atom is 0.292 e. The normalized spacial score (nSPS) is 15.8. The van der Waals surface area contributed by atoms with E-state index in [1.807, 2.05) is 48.5 Å². The van der Waals surface area contributed by atoms with E-state index in [-0.39, 0.29) is 17.6 Å². The number of hydrogen-bond acceptors (Lipinski definition) is 4. The van der Waals surface area contributed by atoms with Gasteiger partial charge in [0.1, 0.15) is 5.69 Å². The van der Waals surface area contributed by atoms with E-state index < -0.39 is 4.92 Å². The summed E-state index contributed by atoms with van der Waals surface area (Å²) in [6.07, 6.45) is 2.61. The van der Waals surface area contributed by atoms with E-state index in [1.54, 1.807) is 35.2 Å². The van der Waals surface area contributed by atoms with Crippen LogP contribution in [0.3, 0.4) is 0 Å². The van der Waals surface area contributed by atoms with Gasteiger partial charge >= 0.3 is 0 Å². The molecule has 1 unspecified atom stereocenters. The van der Waals surface area contributed by atoms with Crippen molar-refractivity contribution >= 4 is 38.9 Å². The van der Waals surface area contributed by atoms with Crippen molar-refractivity contribution in [1.82, 2.24) is 4.90 Å². The molecule has 6 nitrogen and oxygen atoms in total. The molecule has 0 aromatic heterocycles. The highest BCUT2D eigenvalue weighted by Crippen LogP contribution is 2.31. The molecule has 7 heteroatoms. The molecule has 4 rings (SSSR count). The van der Waals surface area contributed by atoms with Gasteiger partial charge in [-0.05, 0) is 48.4 Å². The molecular weight excluding hydrogens is 458 g/mol. The fourth-order valence-corrected chi connectivity index (χ4v) is 3.91. The standard InChI is InChI=1S/C24H20BrN3O3/c25-19-12-10-17(11-13-19)23-16-20(26-21-8-4-5-9-22(21)28(30)31)14-15-27(23)24(29)18-6-2-1-3-7-18/h1-13,16,20,26H,14-15H2. The number of nitro groups is 1. The summed E-state index contributed by atoms with van der Waals surface area (Å²) in [6, 6.07) is 23.4. The number of anilines is 1. The average molecular weight is 478 g/mol. The number of nitro benzene ring substituents is 1. The molecular formula is C24H20BrN3O3. The Bertz CT molecular complexity index is 1130. The third kappa shape index (κ3) is 4.67. The van der Waals surface area contributed by atoms with Gasteiger partial charge in [-0.15, -0.1) is 0 Å². The number of para-hydroxylation sites is 2. The zero-order valence-corrected chi connectivity index (χ0v) is 18.2. The lowest BCUT2D eigenvalue weighted by atomic mass is 10.00. The molecule has 1 aliphatic heterocycles. The summed E-state index contributed by atoms with van der Waals surface area (Å²) in [5.74, 6) is -0.0705. The van der Waals surface area contributed by atoms with Crippen molar-refractivity contribution in [3.05, 3.63) is 111 Å². The van der Waals surface area contributed by atoms with Crippen LogP contribution in [0.1, 0.15) is 22.3 Å². The molecule has 0 bridgehead atoms. The largest absolute Gasteiger partial charge is 0.373 e. The lowest BCUT2D eigenvalue weighted by Crippen LogP contribution is -2.38. The topological polar surface area (TPSA) is 75.5 Å². The maximum atomic E-state index is 13.2. The lowest BCUT2D eigenvalue weighted by Gasteiger charge is -2.33. The molecule has 0 spiro atoms. The number of amides is 1. The second-order valence-corrected chi connectivity index (χ2v) is 8.11. The van der Waals surface area contributed by atoms with Crippen LogP contribution in [-0.2, 0) is 0 Å². The molecule has 3 aromatic carbocycles. The first-order valence-electron chi connectivity index (χ1n) is 9.87. The van der Waals surface area contributed by atoms with Crippen LogP contribution in [0.4, 0.5) is 11.4 Å². The molecule has 0 fully saturated rings. The molecule has 31 heavy (non-hydrogen) atoms. The van der Waals surface area contributed by atoms with Crippen LogP contribution in [-0.4, -0.2) is 28.3 Å². The molecule has 1 atom stereocenters. The van der Waals surface area contributed by atoms with Crippen molar-refractivity contribution < 1.29 is 9.72 Å². The first-order chi connectivity index (χ1) is 15.0. The summed E-state index contributed by atoms with van der Waals surface area (Å²) >= 11 is 3.45. The van der Waals surface area contributed by atoms with Crippen LogP contribution in [0.25, 0.3) is 5.70 Å². The number of nitrogens with zero attached hydrogens (tertiary/aromatic N) is 2. The number of rotatable bonds is 5. The van der Waals surface area contributed by atoms with Gasteiger partial charge in [-0.25, -0.2) is 0 Å². The molecule has 1 amide bonds. The second kappa shape index (κ2) is 9.14. The van der Waals surface area contributed by atoms with Crippen molar-refractivity contribution in [2.24, 2.45) is 0 Å². The molecule has 0 radical (unpaired) electrons. The minimum absolute atomic E-state index is 0.0314. The zero-order chi connectivity index (χ0) is 21.8. The Balaban J connectivity index is 1.69. The zero-order valence-electron chi connectivity index (χ0n) is 16.6. The Hall–Kier alpha value is -3.45. The van der Waals surface area contributed by atoms with Crippen LogP contribution in [0.15, 0.2) is 89.4 Å². The quantitative estimate of drug-likeness (QED) is 0.376. The molecule has 0 aliphatic carbocycles. The molecule has 1 heterocycles. The first kappa shape index (κ1) is 20.8. The summed E-state index contributed by atoms with van der Waals surface area (Å²) < 4.78 is 0.947. The number of hydrogen-bond donors (Lipinski definition) is 1. The van der Waals surface area contributed by atoms with E-state index in [0.29, 0.717) is 24.2 Å². The summed E-state index contributed by atoms with van der Waals surface area (Å²) in [6.45, 7) is 0.494. The Morgan fingerprint density at radius 1 is 1.00 bits per heavy atom. The predicted molar refractivity (Wildman–Crippen MR) is 125 cm³/mol. The van der Waals surface area contributed by atoms with Gasteiger partial charge in [-0.1, -0.05) is 58.4 Å². The average Bonchev–Trinajstić information content (AvgIpc) is 2.80. The van der Waals surface area contributed by atoms with Gasteiger partial charge in [0.05, 0.1) is 4.92 Å². The van der Waals surface area contributed by atoms with Gasteiger partial charge in [0.15, 0.2) is 0 Å². The third-order valence-corrected chi connectivity index (χ3v) is 5.69. The number of carbonyl (C=O) groups is 1. The fourth-order valence-electron chi connectivity index (χ4n) is 3.64. The Kier molecular flexibility index (Phi) is 6.13. The lowest BCUT2D eigenvalue weighted by molar-refractivity contribution is -0.384. The molecule has 1 N–H and O–H groups in total. The highest BCUT2D eigenvalue weighted by molar-refractivity contribution is 9.10. The van der Waals surface area contributed by atoms with Crippen molar-refractivity contribution in [2.75, 3.05) is 11.9 Å². The van der Waals surface area contributed by atoms with E-state index in [4.69, 9.17) is 0 Å². The number of carbonyl (C=O) groups excluding carboxylic acids is 1. The highest BCUT2D eigenvalue weighted by Gasteiger charge is 2.27. The Labute approximate surface area is 188 Å². The molecule has 1 aliphatic rings. The van der Waals surface area contributed by atoms with Crippen molar-refractivity contribution in [3.8, 4) is 0 Å². The van der Waals surface area contributed by atoms with Gasteiger partial charge in [-0.3, -0.25) is 14.9 Å². The van der Waals surface area contributed by atoms with Gasteiger partial charge in [0, 0.05) is 34.4 Å². The van der Waals surface area contributed by atoms with E-state index in [0.717, 1.165) is 15.7 Å². The minimum atomic E-state index is -0.393. The minimum Gasteiger partial charge on any atom is -0.373 e. The van der Waals surface area contributed by atoms with Crippen LogP contribution >= 0.6 is 15.9 Å². The molecule has 0 saturated carbocycles. The van der Waals surface area contributed by atoms with Crippen LogP contribution in [0.5, 0.6) is 0 Å². The van der Waals surface area contributed by atoms with Crippen LogP contribution in [0.2, 0.25) is 0 Å². The molecule has 156 valence electrons. The van der Waals surface area contributed by atoms with Crippen LogP contribution < -0.4 is 5.32 Å². The highest BCUT2D eigenvalue weighted by atomic mass is 79.9. The maximum absolute atomic E-state index is 13.2. The second-order valence-electron chi connectivity index (χ2n) is 7.20. The molecule has 0 saturated heterocycles. The third-order valence-electron chi connectivity index (χ3n) is 5.16. The van der Waals surface area contributed by atoms with Crippen molar-refractivity contribution in [1.29, 1.82) is 0 Å². The fraction of sp³-hybridized carbons (Fsp3) is 0.125. The van der Waals surface area contributed by atoms with Crippen molar-refractivity contribution in [2.45, 2.75) is 12.5 Å². The number of benzene rings is 3. The number of nitrogens with one attached hydrogen (secondary N) is 1. The summed E-state index contributed by atoms with van der Waals surface area (Å²) in [5.41, 5.74) is 2.80. The molecule has 3 aromatic rings. The van der Waals surface area contributed by atoms with Crippen LogP contribution in [0, 0.1) is 10.1 Å². The summed E-state index contributed by atoms with van der Waals surface area (Å²) in [5, 5.41) is 14.6. The number of halogens is 1. The summed E-state index contributed by atoms with van der Waals surface area (Å²) in [4.78, 5) is 26.0. The van der Waals surface area contributed by atoms with Crippen molar-refractivity contribution in [3.63, 3.8) is 0 Å². The van der Waals surface area contributed by atoms with Gasteiger partial charge < -0.3 is 10.2 Å². The van der Waals surface area contributed by atoms with Gasteiger partial charge in [0.25, 0.3) is 11.6 Å². The van der Waals surface area contributed by atoms with E-state index >= 15 is 0 Å². The summed E-state index contributed by atoms with van der Waals surface area (Å²) in [7, 11) is 0. The Morgan fingerprint density at radius 2 is 1.68 bits per heavy atom. The van der Waals surface area contributed by atoms with E-state index in [9.17, 15) is 14.9 Å². The van der Waals surface area contributed by atoms with E-state index in [1.165, 1.54) is 6.07 Å². The SMILES string of the molecule is O=C(c1ccccc1)N1CCC(Nc2ccccc2[N+](=O)[O-])C=C1c1ccc(Br)cc1.